The summed E-state index contributed by atoms with van der Waals surface area (Å²) in [5.74, 6) is -0.550. The Bertz CT molecular complexity index is 1000. The molecule has 0 bridgehead atoms. The fraction of sp³-hybridized carbons (Fsp3) is 0.930. The Kier molecular flexibility index (Phi) is 29.6. The molecule has 2 fully saturated rings. The van der Waals surface area contributed by atoms with E-state index in [0.717, 1.165) is 19.3 Å². The molecule has 0 saturated carbocycles. The lowest BCUT2D eigenvalue weighted by Crippen LogP contribution is -2.61. The van der Waals surface area contributed by atoms with Gasteiger partial charge in [0, 0.05) is 13.5 Å². The molecule has 0 amide bonds. The molecule has 2 heterocycles. The van der Waals surface area contributed by atoms with Crippen LogP contribution in [0.3, 0.4) is 0 Å². The molecule has 2 rings (SSSR count). The normalized spacial score (nSPS) is 28.6. The van der Waals surface area contributed by atoms with Crippen molar-refractivity contribution in [1.82, 2.24) is 0 Å². The summed E-state index contributed by atoms with van der Waals surface area (Å²) in [4.78, 5) is 11.7. The quantitative estimate of drug-likeness (QED) is 0.0266. The number of unbranched alkanes of at least 4 members (excludes halogenated alkanes) is 20. The first-order valence-electron chi connectivity index (χ1n) is 22.2. The molecule has 2 aliphatic rings. The predicted octanol–water partition coefficient (Wildman–Crippen LogP) is 4.73. The van der Waals surface area contributed by atoms with E-state index in [4.69, 9.17) is 28.4 Å². The van der Waals surface area contributed by atoms with Crippen LogP contribution >= 0.6 is 0 Å². The van der Waals surface area contributed by atoms with Crippen molar-refractivity contribution in [3.8, 4) is 0 Å². The number of esters is 1. The second-order valence-electron chi connectivity index (χ2n) is 16.0. The van der Waals surface area contributed by atoms with Gasteiger partial charge in [0.05, 0.1) is 26.4 Å². The smallest absolute Gasteiger partial charge is 0.303 e. The molecule has 0 aromatic carbocycles. The number of ether oxygens (including phenoxy) is 6. The standard InChI is InChI=1S/C43H80O14/c1-3-4-5-6-7-8-9-10-11-12-13-14-15-16-17-18-19-20-21-22-23-24-25-26-27-52-29-33(55-32(2)45)30-53-42-41(51)39(49)37(47)35(57-42)31-54-43-40(50)38(48)36(46)34(28-44)56-43/h12-13,33-44,46-51H,3-11,14-31H2,1-2H3/b13-12-. The van der Waals surface area contributed by atoms with Gasteiger partial charge in [-0.05, 0) is 32.1 Å². The molecule has 0 aliphatic carbocycles. The molecule has 14 heteroatoms. The fourth-order valence-corrected chi connectivity index (χ4v) is 7.22. The van der Waals surface area contributed by atoms with Crippen molar-refractivity contribution in [3.05, 3.63) is 12.2 Å². The second kappa shape index (κ2) is 32.5. The first-order chi connectivity index (χ1) is 27.6. The van der Waals surface area contributed by atoms with Gasteiger partial charge in [-0.2, -0.15) is 0 Å². The third-order valence-corrected chi connectivity index (χ3v) is 10.8. The van der Waals surface area contributed by atoms with Crippen LogP contribution in [0.5, 0.6) is 0 Å². The average molecular weight is 821 g/mol. The van der Waals surface area contributed by atoms with E-state index in [-0.39, 0.29) is 13.2 Å². The highest BCUT2D eigenvalue weighted by atomic mass is 16.7. The van der Waals surface area contributed by atoms with Crippen LogP contribution < -0.4 is 0 Å². The molecule has 11 unspecified atom stereocenters. The minimum absolute atomic E-state index is 0.0489. The number of allylic oxidation sites excluding steroid dienone is 2. The maximum Gasteiger partial charge on any atom is 0.303 e. The number of carbonyl (C=O) groups is 1. The number of aliphatic hydroxyl groups is 7. The molecule has 0 aromatic heterocycles. The van der Waals surface area contributed by atoms with Gasteiger partial charge >= 0.3 is 5.97 Å². The Morgan fingerprint density at radius 1 is 0.561 bits per heavy atom. The first-order valence-corrected chi connectivity index (χ1v) is 22.2. The summed E-state index contributed by atoms with van der Waals surface area (Å²) in [7, 11) is 0. The van der Waals surface area contributed by atoms with Crippen molar-refractivity contribution in [2.75, 3.05) is 33.0 Å². The zero-order chi connectivity index (χ0) is 41.7. The van der Waals surface area contributed by atoms with Crippen LogP contribution in [0, 0.1) is 0 Å². The lowest BCUT2D eigenvalue weighted by Gasteiger charge is -2.42. The summed E-state index contributed by atoms with van der Waals surface area (Å²) in [5, 5.41) is 71.0. The highest BCUT2D eigenvalue weighted by molar-refractivity contribution is 5.66. The maximum absolute atomic E-state index is 11.7. The van der Waals surface area contributed by atoms with Crippen molar-refractivity contribution < 1.29 is 69.0 Å². The highest BCUT2D eigenvalue weighted by Crippen LogP contribution is 2.26. The maximum atomic E-state index is 11.7. The van der Waals surface area contributed by atoms with Crippen molar-refractivity contribution in [3.63, 3.8) is 0 Å². The Labute approximate surface area is 342 Å². The first kappa shape index (κ1) is 51.9. The average Bonchev–Trinajstić information content (AvgIpc) is 3.20. The molecule has 0 spiro atoms. The zero-order valence-corrected chi connectivity index (χ0v) is 35.1. The van der Waals surface area contributed by atoms with Crippen LogP contribution in [0.1, 0.15) is 155 Å². The van der Waals surface area contributed by atoms with Gasteiger partial charge in [-0.3, -0.25) is 4.79 Å². The van der Waals surface area contributed by atoms with Gasteiger partial charge in [-0.15, -0.1) is 0 Å². The summed E-state index contributed by atoms with van der Waals surface area (Å²) in [6.45, 7) is 2.69. The van der Waals surface area contributed by atoms with Crippen LogP contribution in [0.15, 0.2) is 12.2 Å². The molecular weight excluding hydrogens is 740 g/mol. The SMILES string of the molecule is CCCCCCCCCC/C=C\CCCCCCCCCCCCCCOCC(COC1OC(COC2OC(CO)C(O)C(O)C2O)C(O)C(O)C1O)OC(C)=O. The monoisotopic (exact) mass is 821 g/mol. The highest BCUT2D eigenvalue weighted by Gasteiger charge is 2.47. The molecule has 0 radical (unpaired) electrons. The van der Waals surface area contributed by atoms with Gasteiger partial charge in [-0.25, -0.2) is 0 Å². The van der Waals surface area contributed by atoms with Crippen molar-refractivity contribution in [1.29, 1.82) is 0 Å². The molecule has 336 valence electrons. The Hall–Kier alpha value is -1.27. The van der Waals surface area contributed by atoms with Crippen LogP contribution in [-0.2, 0) is 33.2 Å². The second-order valence-corrected chi connectivity index (χ2v) is 16.0. The summed E-state index contributed by atoms with van der Waals surface area (Å²) in [6, 6.07) is 0. The van der Waals surface area contributed by atoms with Gasteiger partial charge in [0.25, 0.3) is 0 Å². The molecule has 11 atom stereocenters. The summed E-state index contributed by atoms with van der Waals surface area (Å²) in [6.07, 6.45) is 16.9. The molecule has 7 N–H and O–H groups in total. The molecular formula is C43H80O14. The topological polar surface area (TPSA) is 214 Å². The van der Waals surface area contributed by atoms with Crippen molar-refractivity contribution >= 4 is 5.97 Å². The van der Waals surface area contributed by atoms with Crippen LogP contribution in [0.25, 0.3) is 0 Å². The van der Waals surface area contributed by atoms with Crippen molar-refractivity contribution in [2.45, 2.75) is 223 Å². The third kappa shape index (κ3) is 22.2. The van der Waals surface area contributed by atoms with Gasteiger partial charge in [0.2, 0.25) is 0 Å². The van der Waals surface area contributed by atoms with E-state index in [0.29, 0.717) is 6.61 Å². The van der Waals surface area contributed by atoms with E-state index >= 15 is 0 Å². The molecule has 2 aliphatic heterocycles. The lowest BCUT2D eigenvalue weighted by atomic mass is 9.98. The minimum atomic E-state index is -1.70. The van der Waals surface area contributed by atoms with E-state index in [2.05, 4.69) is 19.1 Å². The van der Waals surface area contributed by atoms with E-state index < -0.39 is 86.7 Å². The van der Waals surface area contributed by atoms with Crippen LogP contribution in [-0.4, -0.2) is 142 Å². The van der Waals surface area contributed by atoms with Gasteiger partial charge in [-0.1, -0.05) is 128 Å². The lowest BCUT2D eigenvalue weighted by molar-refractivity contribution is -0.332. The number of carbonyl (C=O) groups excluding carboxylic acids is 1. The van der Waals surface area contributed by atoms with E-state index in [1.54, 1.807) is 0 Å². The van der Waals surface area contributed by atoms with E-state index in [9.17, 15) is 40.5 Å². The summed E-state index contributed by atoms with van der Waals surface area (Å²) < 4.78 is 33.1. The molecule has 14 nitrogen and oxygen atoms in total. The zero-order valence-electron chi connectivity index (χ0n) is 35.1. The number of hydrogen-bond acceptors (Lipinski definition) is 14. The Morgan fingerprint density at radius 3 is 1.49 bits per heavy atom. The van der Waals surface area contributed by atoms with E-state index in [1.807, 2.05) is 0 Å². The third-order valence-electron chi connectivity index (χ3n) is 10.8. The van der Waals surface area contributed by atoms with E-state index in [1.165, 1.54) is 129 Å². The minimum Gasteiger partial charge on any atom is -0.458 e. The van der Waals surface area contributed by atoms with Crippen molar-refractivity contribution in [2.24, 2.45) is 0 Å². The predicted molar refractivity (Wildman–Crippen MR) is 215 cm³/mol. The number of rotatable bonds is 34. The van der Waals surface area contributed by atoms with Gasteiger partial charge in [0.1, 0.15) is 54.9 Å². The van der Waals surface area contributed by atoms with Gasteiger partial charge < -0.3 is 64.2 Å². The molecule has 2 saturated heterocycles. The van der Waals surface area contributed by atoms with Gasteiger partial charge in [0.15, 0.2) is 12.6 Å². The Balaban J connectivity index is 1.49. The molecule has 0 aromatic rings. The fourth-order valence-electron chi connectivity index (χ4n) is 7.22. The largest absolute Gasteiger partial charge is 0.458 e. The number of aliphatic hydroxyl groups excluding tert-OH is 7. The Morgan fingerprint density at radius 2 is 1.00 bits per heavy atom. The summed E-state index contributed by atoms with van der Waals surface area (Å²) in [5.41, 5.74) is 0. The molecule has 57 heavy (non-hydrogen) atoms. The van der Waals surface area contributed by atoms with Crippen LogP contribution in [0.2, 0.25) is 0 Å². The van der Waals surface area contributed by atoms with Crippen LogP contribution in [0.4, 0.5) is 0 Å². The number of hydrogen-bond donors (Lipinski definition) is 7. The summed E-state index contributed by atoms with van der Waals surface area (Å²) >= 11 is 0.